The molecule has 28 heavy (non-hydrogen) atoms. The molecule has 0 spiro atoms. The van der Waals surface area contributed by atoms with Gasteiger partial charge in [0.1, 0.15) is 6.33 Å². The van der Waals surface area contributed by atoms with Gasteiger partial charge in [-0.1, -0.05) is 0 Å². The summed E-state index contributed by atoms with van der Waals surface area (Å²) in [5, 5.41) is 21.5. The van der Waals surface area contributed by atoms with Crippen LogP contribution in [0.25, 0.3) is 39.8 Å². The summed E-state index contributed by atoms with van der Waals surface area (Å²) in [4.78, 5) is 3.74. The van der Waals surface area contributed by atoms with Crippen LogP contribution in [0.15, 0.2) is 60.2 Å². The molecule has 0 amide bonds. The molecular formula is C19H15N9. The van der Waals surface area contributed by atoms with Crippen LogP contribution < -0.4 is 0 Å². The molecule has 9 heteroatoms. The molecule has 136 valence electrons. The van der Waals surface area contributed by atoms with Crippen LogP contribution in [0, 0.1) is 0 Å². The summed E-state index contributed by atoms with van der Waals surface area (Å²) in [7, 11) is 1.88. The van der Waals surface area contributed by atoms with Crippen molar-refractivity contribution >= 4 is 24.0 Å². The molecule has 0 saturated heterocycles. The zero-order valence-electron chi connectivity index (χ0n) is 15.0. The second kappa shape index (κ2) is 6.23. The van der Waals surface area contributed by atoms with Crippen LogP contribution in [0.5, 0.6) is 0 Å². The van der Waals surface area contributed by atoms with Crippen LogP contribution in [0.1, 0.15) is 5.69 Å². The number of aromatic nitrogens is 8. The number of hydrogen-bond acceptors (Lipinski definition) is 6. The maximum absolute atomic E-state index is 4.56. The van der Waals surface area contributed by atoms with Crippen molar-refractivity contribution in [3.05, 3.63) is 60.9 Å². The maximum atomic E-state index is 4.56. The van der Waals surface area contributed by atoms with Gasteiger partial charge in [-0.25, -0.2) is 0 Å². The summed E-state index contributed by atoms with van der Waals surface area (Å²) in [5.74, 6) is 0. The highest BCUT2D eigenvalue weighted by Gasteiger charge is 2.11. The van der Waals surface area contributed by atoms with Gasteiger partial charge in [0, 0.05) is 30.6 Å². The highest BCUT2D eigenvalue weighted by molar-refractivity contribution is 5.72. The van der Waals surface area contributed by atoms with E-state index in [0.717, 1.165) is 39.4 Å². The molecule has 0 unspecified atom stereocenters. The standard InChI is InChI=1S/C19H15N9/c1-20-5-3-15-9-18(24-26(15)2)14-7-16-10-17(25-28(16)22-11-14)13-4-6-27-12-21-23-19(27)8-13/h3-12H,1H2,2H3/b5-3-. The molecule has 0 aliphatic heterocycles. The van der Waals surface area contributed by atoms with E-state index in [4.69, 9.17) is 0 Å². The first-order valence-corrected chi connectivity index (χ1v) is 8.54. The van der Waals surface area contributed by atoms with Gasteiger partial charge < -0.3 is 0 Å². The van der Waals surface area contributed by atoms with Crippen molar-refractivity contribution in [1.29, 1.82) is 0 Å². The number of fused-ring (bicyclic) bond motifs is 2. The smallest absolute Gasteiger partial charge is 0.161 e. The number of aliphatic imine (C=N–C) groups is 1. The highest BCUT2D eigenvalue weighted by atomic mass is 15.4. The average Bonchev–Trinajstić information content (AvgIpc) is 3.42. The van der Waals surface area contributed by atoms with Gasteiger partial charge in [0.05, 0.1) is 28.8 Å². The Kier molecular flexibility index (Phi) is 3.58. The van der Waals surface area contributed by atoms with Crippen molar-refractivity contribution in [3.8, 4) is 22.5 Å². The summed E-state index contributed by atoms with van der Waals surface area (Å²) in [6, 6.07) is 9.90. The minimum atomic E-state index is 0.770. The van der Waals surface area contributed by atoms with Crippen LogP contribution in [-0.4, -0.2) is 45.9 Å². The molecule has 0 radical (unpaired) electrons. The third kappa shape index (κ3) is 2.65. The molecule has 0 aromatic carbocycles. The monoisotopic (exact) mass is 369 g/mol. The van der Waals surface area contributed by atoms with Gasteiger partial charge in [0.15, 0.2) is 5.65 Å². The number of aryl methyl sites for hydroxylation is 1. The molecule has 0 atom stereocenters. The largest absolute Gasteiger partial charge is 0.289 e. The van der Waals surface area contributed by atoms with Crippen molar-refractivity contribution in [2.24, 2.45) is 12.0 Å². The van der Waals surface area contributed by atoms with Gasteiger partial charge in [0.25, 0.3) is 0 Å². The van der Waals surface area contributed by atoms with Gasteiger partial charge >= 0.3 is 0 Å². The lowest BCUT2D eigenvalue weighted by Gasteiger charge is -1.97. The van der Waals surface area contributed by atoms with E-state index in [0.29, 0.717) is 0 Å². The second-order valence-electron chi connectivity index (χ2n) is 6.28. The van der Waals surface area contributed by atoms with Crippen LogP contribution in [-0.2, 0) is 7.05 Å². The summed E-state index contributed by atoms with van der Waals surface area (Å²) in [5.41, 5.74) is 6.09. The van der Waals surface area contributed by atoms with E-state index in [1.807, 2.05) is 54.1 Å². The Morgan fingerprint density at radius 2 is 1.96 bits per heavy atom. The lowest BCUT2D eigenvalue weighted by molar-refractivity contribution is 0.761. The zero-order valence-corrected chi connectivity index (χ0v) is 15.0. The van der Waals surface area contributed by atoms with E-state index >= 15 is 0 Å². The number of rotatable bonds is 4. The van der Waals surface area contributed by atoms with Crippen LogP contribution in [0.2, 0.25) is 0 Å². The van der Waals surface area contributed by atoms with Gasteiger partial charge in [-0.05, 0) is 43.1 Å². The third-order valence-electron chi connectivity index (χ3n) is 4.49. The molecule has 0 aliphatic carbocycles. The van der Waals surface area contributed by atoms with E-state index in [-0.39, 0.29) is 0 Å². The molecule has 0 aliphatic rings. The predicted octanol–water partition coefficient (Wildman–Crippen LogP) is 2.51. The van der Waals surface area contributed by atoms with Crippen molar-refractivity contribution < 1.29 is 0 Å². The minimum absolute atomic E-state index is 0.770. The second-order valence-corrected chi connectivity index (χ2v) is 6.28. The predicted molar refractivity (Wildman–Crippen MR) is 106 cm³/mol. The number of hydrogen-bond donors (Lipinski definition) is 0. The Balaban J connectivity index is 1.55. The summed E-state index contributed by atoms with van der Waals surface area (Å²) >= 11 is 0. The third-order valence-corrected chi connectivity index (χ3v) is 4.49. The average molecular weight is 369 g/mol. The van der Waals surface area contributed by atoms with Crippen LogP contribution in [0.4, 0.5) is 0 Å². The molecule has 0 fully saturated rings. The number of nitrogens with zero attached hydrogens (tertiary/aromatic N) is 9. The Morgan fingerprint density at radius 1 is 1.07 bits per heavy atom. The van der Waals surface area contributed by atoms with E-state index < -0.39 is 0 Å². The Morgan fingerprint density at radius 3 is 2.86 bits per heavy atom. The fourth-order valence-corrected chi connectivity index (χ4v) is 3.06. The number of pyridine rings is 1. The maximum Gasteiger partial charge on any atom is 0.161 e. The molecule has 5 aromatic rings. The summed E-state index contributed by atoms with van der Waals surface area (Å²) < 4.78 is 5.25. The van der Waals surface area contributed by atoms with Crippen molar-refractivity contribution in [2.75, 3.05) is 0 Å². The zero-order chi connectivity index (χ0) is 19.1. The first-order valence-electron chi connectivity index (χ1n) is 8.54. The quantitative estimate of drug-likeness (QED) is 0.454. The molecule has 0 N–H and O–H groups in total. The van der Waals surface area contributed by atoms with Crippen molar-refractivity contribution in [2.45, 2.75) is 0 Å². The first-order chi connectivity index (χ1) is 13.7. The fraction of sp³-hybridized carbons (Fsp3) is 0.0526. The molecule has 9 nitrogen and oxygen atoms in total. The Labute approximate surface area is 159 Å². The molecule has 0 saturated carbocycles. The van der Waals surface area contributed by atoms with Crippen LogP contribution >= 0.6 is 0 Å². The van der Waals surface area contributed by atoms with E-state index in [9.17, 15) is 0 Å². The lowest BCUT2D eigenvalue weighted by Crippen LogP contribution is -1.95. The van der Waals surface area contributed by atoms with Crippen molar-refractivity contribution in [3.63, 3.8) is 0 Å². The topological polar surface area (TPSA) is 90.6 Å². The molecule has 5 rings (SSSR count). The van der Waals surface area contributed by atoms with Gasteiger partial charge in [0.2, 0.25) is 0 Å². The van der Waals surface area contributed by atoms with E-state index in [1.165, 1.54) is 0 Å². The van der Waals surface area contributed by atoms with E-state index in [2.05, 4.69) is 37.2 Å². The molecule has 0 bridgehead atoms. The SMILES string of the molecule is C=N/C=C\c1cc(-c2cnn3nc(-c4ccn5cnnc5c4)cc3c2)nn1C. The van der Waals surface area contributed by atoms with Gasteiger partial charge in [-0.15, -0.1) is 15.3 Å². The fourth-order valence-electron chi connectivity index (χ4n) is 3.06. The highest BCUT2D eigenvalue weighted by Crippen LogP contribution is 2.24. The van der Waals surface area contributed by atoms with Crippen molar-refractivity contribution in [1.82, 2.24) is 39.2 Å². The van der Waals surface area contributed by atoms with Gasteiger partial charge in [-0.2, -0.15) is 14.8 Å². The molecular weight excluding hydrogens is 354 g/mol. The first kappa shape index (κ1) is 16.1. The lowest BCUT2D eigenvalue weighted by atomic mass is 10.1. The minimum Gasteiger partial charge on any atom is -0.289 e. The summed E-state index contributed by atoms with van der Waals surface area (Å²) in [6.45, 7) is 3.45. The Bertz CT molecular complexity index is 1350. The van der Waals surface area contributed by atoms with Gasteiger partial charge in [-0.3, -0.25) is 14.1 Å². The molecule has 5 aromatic heterocycles. The van der Waals surface area contributed by atoms with E-state index in [1.54, 1.807) is 28.0 Å². The summed E-state index contributed by atoms with van der Waals surface area (Å²) in [6.07, 6.45) is 8.82. The Hall–Kier alpha value is -4.14. The normalized spacial score (nSPS) is 11.8. The van der Waals surface area contributed by atoms with Crippen LogP contribution in [0.3, 0.4) is 0 Å². The molecule has 5 heterocycles.